The maximum absolute atomic E-state index is 11.7. The minimum absolute atomic E-state index is 0.182. The molecular weight excluding hydrogens is 546 g/mol. The number of rotatable bonds is 10. The van der Waals surface area contributed by atoms with Crippen molar-refractivity contribution < 1.29 is 29.7 Å². The van der Waals surface area contributed by atoms with Gasteiger partial charge in [-0.05, 0) is 49.2 Å². The Morgan fingerprint density at radius 1 is 0.756 bits per heavy atom. The molecule has 12 heteroatoms. The summed E-state index contributed by atoms with van der Waals surface area (Å²) < 4.78 is 0. The molecule has 0 bridgehead atoms. The van der Waals surface area contributed by atoms with E-state index in [-0.39, 0.29) is 25.7 Å². The van der Waals surface area contributed by atoms with Crippen molar-refractivity contribution >= 4 is 40.9 Å². The number of carbonyl (C=O) groups is 3. The SMILES string of the molecule is O=C(O)CN1CCN(CC(=O)O)CC(Cc2ccc(NC(=S)NC3CCCCCCCC3)cc2)N(CC(=O)O)CC1. The van der Waals surface area contributed by atoms with Gasteiger partial charge in [0.05, 0.1) is 19.6 Å². The zero-order valence-electron chi connectivity index (χ0n) is 23.8. The Balaban J connectivity index is 1.67. The van der Waals surface area contributed by atoms with Crippen molar-refractivity contribution in [2.24, 2.45) is 0 Å². The van der Waals surface area contributed by atoms with Gasteiger partial charge in [0.2, 0.25) is 0 Å². The number of nitrogens with zero attached hydrogens (tertiary/aromatic N) is 3. The molecule has 1 saturated heterocycles. The lowest BCUT2D eigenvalue weighted by Gasteiger charge is -2.33. The summed E-state index contributed by atoms with van der Waals surface area (Å²) in [6.45, 7) is 1.28. The molecule has 228 valence electrons. The van der Waals surface area contributed by atoms with Gasteiger partial charge in [0.1, 0.15) is 0 Å². The van der Waals surface area contributed by atoms with Crippen LogP contribution >= 0.6 is 12.2 Å². The van der Waals surface area contributed by atoms with E-state index in [2.05, 4.69) is 10.6 Å². The number of aliphatic carboxylic acids is 3. The molecule has 2 fully saturated rings. The maximum atomic E-state index is 11.7. The van der Waals surface area contributed by atoms with E-state index in [1.165, 1.54) is 38.5 Å². The van der Waals surface area contributed by atoms with Gasteiger partial charge in [0.15, 0.2) is 5.11 Å². The van der Waals surface area contributed by atoms with Crippen LogP contribution in [0.5, 0.6) is 0 Å². The van der Waals surface area contributed by atoms with E-state index in [9.17, 15) is 29.7 Å². The van der Waals surface area contributed by atoms with Gasteiger partial charge in [-0.2, -0.15) is 0 Å². The van der Waals surface area contributed by atoms with Crippen LogP contribution in [0.2, 0.25) is 0 Å². The molecule has 1 aliphatic heterocycles. The van der Waals surface area contributed by atoms with Crippen LogP contribution in [0.1, 0.15) is 56.9 Å². The number of carboxylic acids is 3. The second-order valence-electron chi connectivity index (χ2n) is 11.2. The summed E-state index contributed by atoms with van der Waals surface area (Å²) in [4.78, 5) is 39.9. The standard InChI is InChI=1S/C29H45N5O6S/c35-26(36)19-32-13-14-33(20-27(37)38)18-25(34(16-15-32)21-28(39)40)17-22-9-11-24(12-10-22)31-29(41)30-23-7-5-3-1-2-4-6-8-23/h9-12,23,25H,1-8,13-21H2,(H,35,36)(H,37,38)(H,39,40)(H2,30,31,41). The molecule has 0 spiro atoms. The predicted molar refractivity (Wildman–Crippen MR) is 161 cm³/mol. The van der Waals surface area contributed by atoms with Crippen molar-refractivity contribution in [2.45, 2.75) is 69.9 Å². The quantitative estimate of drug-likeness (QED) is 0.255. The zero-order chi connectivity index (χ0) is 29.6. The number of hydrogen-bond donors (Lipinski definition) is 5. The molecule has 11 nitrogen and oxygen atoms in total. The van der Waals surface area contributed by atoms with Crippen molar-refractivity contribution in [3.05, 3.63) is 29.8 Å². The number of benzene rings is 1. The lowest BCUT2D eigenvalue weighted by atomic mass is 10.0. The highest BCUT2D eigenvalue weighted by Crippen LogP contribution is 2.19. The fourth-order valence-corrected chi connectivity index (χ4v) is 6.02. The molecule has 5 N–H and O–H groups in total. The van der Waals surface area contributed by atoms with Crippen LogP contribution in [-0.4, -0.2) is 117 Å². The first-order valence-corrected chi connectivity index (χ1v) is 15.1. The minimum Gasteiger partial charge on any atom is -0.480 e. The summed E-state index contributed by atoms with van der Waals surface area (Å²) >= 11 is 5.59. The third-order valence-corrected chi connectivity index (χ3v) is 8.07. The van der Waals surface area contributed by atoms with Crippen molar-refractivity contribution in [1.82, 2.24) is 20.0 Å². The van der Waals surface area contributed by atoms with Crippen molar-refractivity contribution in [1.29, 1.82) is 0 Å². The van der Waals surface area contributed by atoms with Gasteiger partial charge < -0.3 is 26.0 Å². The van der Waals surface area contributed by atoms with Crippen molar-refractivity contribution in [2.75, 3.05) is 57.7 Å². The molecule has 1 heterocycles. The van der Waals surface area contributed by atoms with Crippen LogP contribution in [-0.2, 0) is 20.8 Å². The smallest absolute Gasteiger partial charge is 0.317 e. The van der Waals surface area contributed by atoms with Crippen LogP contribution in [0, 0.1) is 0 Å². The van der Waals surface area contributed by atoms with Gasteiger partial charge in [-0.25, -0.2) is 0 Å². The van der Waals surface area contributed by atoms with E-state index >= 15 is 0 Å². The predicted octanol–water partition coefficient (Wildman–Crippen LogP) is 2.56. The summed E-state index contributed by atoms with van der Waals surface area (Å²) in [7, 11) is 0. The van der Waals surface area contributed by atoms with Crippen molar-refractivity contribution in [3.8, 4) is 0 Å². The van der Waals surface area contributed by atoms with Gasteiger partial charge in [0.25, 0.3) is 0 Å². The number of hydrogen-bond acceptors (Lipinski definition) is 7. The molecule has 1 aromatic rings. The molecule has 0 radical (unpaired) electrons. The normalized spacial score (nSPS) is 20.8. The molecule has 0 aromatic heterocycles. The Bertz CT molecular complexity index is 1000. The first kappa shape index (κ1) is 32.7. The summed E-state index contributed by atoms with van der Waals surface area (Å²) in [5, 5.41) is 35.7. The number of carboxylic acid groups (broad SMARTS) is 3. The number of thiocarbonyl (C=S) groups is 1. The highest BCUT2D eigenvalue weighted by Gasteiger charge is 2.28. The molecule has 41 heavy (non-hydrogen) atoms. The molecule has 0 amide bonds. The third-order valence-electron chi connectivity index (χ3n) is 7.85. The summed E-state index contributed by atoms with van der Waals surface area (Å²) in [5.74, 6) is -2.93. The van der Waals surface area contributed by atoms with E-state index in [1.807, 2.05) is 29.2 Å². The number of nitrogens with one attached hydrogen (secondary N) is 2. The molecular formula is C29H45N5O6S. The fourth-order valence-electron chi connectivity index (χ4n) is 5.74. The Hall–Kier alpha value is -2.80. The Kier molecular flexibility index (Phi) is 13.7. The Labute approximate surface area is 247 Å². The second-order valence-corrected chi connectivity index (χ2v) is 11.6. The third kappa shape index (κ3) is 12.7. The molecule has 1 aromatic carbocycles. The first-order valence-electron chi connectivity index (χ1n) is 14.7. The average molecular weight is 592 g/mol. The van der Waals surface area contributed by atoms with Gasteiger partial charge in [-0.3, -0.25) is 29.1 Å². The van der Waals surface area contributed by atoms with Gasteiger partial charge in [0, 0.05) is 50.5 Å². The lowest BCUT2D eigenvalue weighted by Crippen LogP contribution is -2.49. The summed E-state index contributed by atoms with van der Waals surface area (Å²) in [6, 6.07) is 7.99. The summed E-state index contributed by atoms with van der Waals surface area (Å²) in [5.41, 5.74) is 1.85. The Morgan fingerprint density at radius 2 is 1.29 bits per heavy atom. The van der Waals surface area contributed by atoms with E-state index in [1.54, 1.807) is 9.80 Å². The van der Waals surface area contributed by atoms with Gasteiger partial charge in [-0.15, -0.1) is 0 Å². The van der Waals surface area contributed by atoms with Crippen LogP contribution in [0.15, 0.2) is 24.3 Å². The summed E-state index contributed by atoms with van der Waals surface area (Å²) in [6.07, 6.45) is 10.4. The highest BCUT2D eigenvalue weighted by atomic mass is 32.1. The topological polar surface area (TPSA) is 146 Å². The molecule has 1 saturated carbocycles. The van der Waals surface area contributed by atoms with Crippen LogP contribution in [0.4, 0.5) is 5.69 Å². The van der Waals surface area contributed by atoms with Gasteiger partial charge in [-0.1, -0.05) is 50.7 Å². The van der Waals surface area contributed by atoms with E-state index in [0.29, 0.717) is 50.3 Å². The van der Waals surface area contributed by atoms with Crippen LogP contribution in [0.3, 0.4) is 0 Å². The number of anilines is 1. The molecule has 1 unspecified atom stereocenters. The maximum Gasteiger partial charge on any atom is 0.317 e. The second kappa shape index (κ2) is 17.2. The largest absolute Gasteiger partial charge is 0.480 e. The van der Waals surface area contributed by atoms with Crippen LogP contribution in [0.25, 0.3) is 0 Å². The van der Waals surface area contributed by atoms with Crippen LogP contribution < -0.4 is 10.6 Å². The molecule has 3 rings (SSSR count). The monoisotopic (exact) mass is 591 g/mol. The molecule has 2 aliphatic rings. The minimum atomic E-state index is -0.982. The molecule has 1 aliphatic carbocycles. The van der Waals surface area contributed by atoms with Gasteiger partial charge >= 0.3 is 17.9 Å². The van der Waals surface area contributed by atoms with Crippen molar-refractivity contribution in [3.63, 3.8) is 0 Å². The first-order chi connectivity index (χ1) is 19.7. The fraction of sp³-hybridized carbons (Fsp3) is 0.655. The highest BCUT2D eigenvalue weighted by molar-refractivity contribution is 7.80. The molecule has 1 atom stereocenters. The van der Waals surface area contributed by atoms with E-state index < -0.39 is 17.9 Å². The lowest BCUT2D eigenvalue weighted by molar-refractivity contribution is -0.140. The Morgan fingerprint density at radius 3 is 1.90 bits per heavy atom. The van der Waals surface area contributed by atoms with E-state index in [4.69, 9.17) is 12.2 Å². The average Bonchev–Trinajstić information content (AvgIpc) is 3.06. The van der Waals surface area contributed by atoms with E-state index in [0.717, 1.165) is 24.1 Å². The zero-order valence-corrected chi connectivity index (χ0v) is 24.6.